The second kappa shape index (κ2) is 10.4. The summed E-state index contributed by atoms with van der Waals surface area (Å²) in [5.74, 6) is -3.93. The Morgan fingerprint density at radius 3 is 2.47 bits per heavy atom. The summed E-state index contributed by atoms with van der Waals surface area (Å²) in [4.78, 5) is 32.1. The minimum atomic E-state index is -5.04. The molecule has 0 spiro atoms. The molecule has 0 bridgehead atoms. The standard InChI is InChI=1S/C23H16ClF6N5O3/c1-10(38-15-8-33-34-21(36)17(15)23(28,29)30)4-13(25)9-35-3-2-11-5-14(20-31-6-12(24)7-32-20)18(26)19(27)16(11)22(35)37/h2-3,5-8,10,13H,4,9H2,1H3,(H,34,36)/t10-,13+/m1/s1. The Morgan fingerprint density at radius 2 is 1.82 bits per heavy atom. The van der Waals surface area contributed by atoms with Crippen LogP contribution < -0.4 is 15.9 Å². The molecular weight excluding hydrogens is 544 g/mol. The zero-order valence-corrected chi connectivity index (χ0v) is 19.9. The molecule has 0 aliphatic rings. The van der Waals surface area contributed by atoms with Crippen LogP contribution in [0.25, 0.3) is 22.2 Å². The summed E-state index contributed by atoms with van der Waals surface area (Å²) in [6, 6.07) is 2.43. The molecular formula is C23H16ClF6N5O3. The molecule has 0 aliphatic carbocycles. The number of aromatic nitrogens is 5. The molecule has 0 saturated carbocycles. The second-order valence-corrected chi connectivity index (χ2v) is 8.65. The molecule has 3 aromatic heterocycles. The van der Waals surface area contributed by atoms with E-state index in [1.54, 1.807) is 5.10 Å². The van der Waals surface area contributed by atoms with E-state index in [9.17, 15) is 35.9 Å². The summed E-state index contributed by atoms with van der Waals surface area (Å²) >= 11 is 5.71. The Balaban J connectivity index is 1.55. The number of ether oxygens (including phenoxy) is 1. The number of pyridine rings is 1. The maximum absolute atomic E-state index is 14.9. The van der Waals surface area contributed by atoms with Crippen molar-refractivity contribution >= 4 is 22.4 Å². The Hall–Kier alpha value is -3.94. The van der Waals surface area contributed by atoms with Crippen molar-refractivity contribution in [2.45, 2.75) is 38.3 Å². The monoisotopic (exact) mass is 559 g/mol. The van der Waals surface area contributed by atoms with Crippen molar-refractivity contribution in [2.24, 2.45) is 0 Å². The van der Waals surface area contributed by atoms with E-state index in [1.807, 2.05) is 0 Å². The highest BCUT2D eigenvalue weighted by Crippen LogP contribution is 2.33. The van der Waals surface area contributed by atoms with Gasteiger partial charge in [-0.05, 0) is 24.4 Å². The van der Waals surface area contributed by atoms with Gasteiger partial charge in [-0.25, -0.2) is 28.2 Å². The van der Waals surface area contributed by atoms with Gasteiger partial charge in [0, 0.05) is 25.0 Å². The highest BCUT2D eigenvalue weighted by molar-refractivity contribution is 6.30. The largest absolute Gasteiger partial charge is 0.488 e. The van der Waals surface area contributed by atoms with Crippen LogP contribution in [-0.2, 0) is 12.7 Å². The molecule has 0 amide bonds. The minimum Gasteiger partial charge on any atom is -0.488 e. The van der Waals surface area contributed by atoms with E-state index in [0.717, 1.165) is 10.8 Å². The Morgan fingerprint density at radius 1 is 1.13 bits per heavy atom. The fourth-order valence-corrected chi connectivity index (χ4v) is 3.88. The molecule has 0 aliphatic heterocycles. The lowest BCUT2D eigenvalue weighted by Gasteiger charge is -2.19. The van der Waals surface area contributed by atoms with Gasteiger partial charge in [0.1, 0.15) is 6.17 Å². The van der Waals surface area contributed by atoms with Crippen molar-refractivity contribution < 1.29 is 31.1 Å². The van der Waals surface area contributed by atoms with Crippen LogP contribution in [-0.4, -0.2) is 37.0 Å². The molecule has 1 aromatic carbocycles. The van der Waals surface area contributed by atoms with Crippen LogP contribution in [0.2, 0.25) is 5.02 Å². The SMILES string of the molecule is C[C@H](C[C@H](F)Cn1ccc2cc(-c3ncc(Cl)cn3)c(F)c(F)c2c1=O)Oc1cn[nH]c(=O)c1C(F)(F)F. The molecule has 0 saturated heterocycles. The van der Waals surface area contributed by atoms with Crippen LogP contribution in [0.1, 0.15) is 18.9 Å². The molecule has 4 rings (SSSR count). The lowest BCUT2D eigenvalue weighted by atomic mass is 10.1. The fourth-order valence-electron chi connectivity index (χ4n) is 3.79. The Kier molecular flexibility index (Phi) is 7.44. The predicted octanol–water partition coefficient (Wildman–Crippen LogP) is 4.69. The highest BCUT2D eigenvalue weighted by atomic mass is 35.5. The van der Waals surface area contributed by atoms with Crippen molar-refractivity contribution in [2.75, 3.05) is 0 Å². The van der Waals surface area contributed by atoms with Gasteiger partial charge < -0.3 is 9.30 Å². The van der Waals surface area contributed by atoms with Crippen molar-refractivity contribution in [1.82, 2.24) is 24.7 Å². The van der Waals surface area contributed by atoms with Crippen molar-refractivity contribution in [3.63, 3.8) is 0 Å². The number of halogens is 7. The van der Waals surface area contributed by atoms with E-state index in [0.29, 0.717) is 6.20 Å². The zero-order valence-electron chi connectivity index (χ0n) is 19.2. The third-order valence-corrected chi connectivity index (χ3v) is 5.62. The van der Waals surface area contributed by atoms with Crippen molar-refractivity contribution in [3.8, 4) is 17.1 Å². The van der Waals surface area contributed by atoms with Gasteiger partial charge in [0.25, 0.3) is 11.1 Å². The number of nitrogens with zero attached hydrogens (tertiary/aromatic N) is 4. The number of fused-ring (bicyclic) bond motifs is 1. The first-order chi connectivity index (χ1) is 17.9. The third-order valence-electron chi connectivity index (χ3n) is 5.42. The van der Waals surface area contributed by atoms with Crippen LogP contribution >= 0.6 is 11.6 Å². The average Bonchev–Trinajstić information content (AvgIpc) is 2.82. The van der Waals surface area contributed by atoms with E-state index in [4.69, 9.17) is 16.3 Å². The first-order valence-electron chi connectivity index (χ1n) is 10.8. The van der Waals surface area contributed by atoms with Gasteiger partial charge in [-0.2, -0.15) is 18.3 Å². The molecule has 3 heterocycles. The predicted molar refractivity (Wildman–Crippen MR) is 124 cm³/mol. The molecule has 0 radical (unpaired) electrons. The maximum Gasteiger partial charge on any atom is 0.425 e. The number of aromatic amines is 1. The number of rotatable bonds is 7. The van der Waals surface area contributed by atoms with E-state index in [-0.39, 0.29) is 21.8 Å². The molecule has 38 heavy (non-hydrogen) atoms. The molecule has 4 aromatic rings. The number of hydrogen-bond acceptors (Lipinski definition) is 6. The van der Waals surface area contributed by atoms with Gasteiger partial charge in [0.2, 0.25) is 0 Å². The van der Waals surface area contributed by atoms with E-state index >= 15 is 0 Å². The van der Waals surface area contributed by atoms with E-state index < -0.39 is 70.9 Å². The van der Waals surface area contributed by atoms with Crippen LogP contribution in [0.4, 0.5) is 26.3 Å². The molecule has 200 valence electrons. The molecule has 8 nitrogen and oxygen atoms in total. The molecule has 1 N–H and O–H groups in total. The summed E-state index contributed by atoms with van der Waals surface area (Å²) < 4.78 is 89.9. The van der Waals surface area contributed by atoms with Crippen LogP contribution in [0.5, 0.6) is 5.75 Å². The maximum atomic E-state index is 14.9. The summed E-state index contributed by atoms with van der Waals surface area (Å²) in [6.45, 7) is 0.623. The Bertz CT molecular complexity index is 1610. The number of alkyl halides is 4. The van der Waals surface area contributed by atoms with Gasteiger partial charge in [0.05, 0.1) is 34.8 Å². The topological polar surface area (TPSA) is 103 Å². The summed E-state index contributed by atoms with van der Waals surface area (Å²) in [5, 5.41) is 4.46. The van der Waals surface area contributed by atoms with Crippen molar-refractivity contribution in [1.29, 1.82) is 0 Å². The number of H-pyrrole nitrogens is 1. The summed E-state index contributed by atoms with van der Waals surface area (Å²) in [7, 11) is 0. The zero-order chi connectivity index (χ0) is 27.8. The molecule has 0 unspecified atom stereocenters. The van der Waals surface area contributed by atoms with Gasteiger partial charge in [-0.1, -0.05) is 11.6 Å². The van der Waals surface area contributed by atoms with Crippen LogP contribution in [0.15, 0.2) is 46.5 Å². The lowest BCUT2D eigenvalue weighted by Crippen LogP contribution is -2.29. The quantitative estimate of drug-likeness (QED) is 0.330. The number of nitrogens with one attached hydrogen (secondary N) is 1. The smallest absolute Gasteiger partial charge is 0.425 e. The van der Waals surface area contributed by atoms with Crippen molar-refractivity contribution in [3.05, 3.63) is 79.8 Å². The normalized spacial score (nSPS) is 13.5. The summed E-state index contributed by atoms with van der Waals surface area (Å²) in [5.41, 5.74) is -4.49. The number of benzene rings is 1. The fraction of sp³-hybridized carbons (Fsp3) is 0.261. The van der Waals surface area contributed by atoms with Gasteiger partial charge in [0.15, 0.2) is 28.8 Å². The van der Waals surface area contributed by atoms with E-state index in [1.165, 1.54) is 31.5 Å². The van der Waals surface area contributed by atoms with E-state index in [2.05, 4.69) is 15.1 Å². The van der Waals surface area contributed by atoms with Crippen LogP contribution in [0, 0.1) is 11.6 Å². The number of hydrogen-bond donors (Lipinski definition) is 1. The van der Waals surface area contributed by atoms with Gasteiger partial charge in [-0.15, -0.1) is 0 Å². The minimum absolute atomic E-state index is 0.00675. The first kappa shape index (κ1) is 27.1. The van der Waals surface area contributed by atoms with Gasteiger partial charge in [-0.3, -0.25) is 9.59 Å². The third kappa shape index (κ3) is 5.49. The first-order valence-corrected chi connectivity index (χ1v) is 11.2. The Labute approximate surface area is 213 Å². The molecule has 0 fully saturated rings. The highest BCUT2D eigenvalue weighted by Gasteiger charge is 2.38. The average molecular weight is 560 g/mol. The van der Waals surface area contributed by atoms with Gasteiger partial charge >= 0.3 is 6.18 Å². The second-order valence-electron chi connectivity index (χ2n) is 8.21. The van der Waals surface area contributed by atoms with Crippen LogP contribution in [0.3, 0.4) is 0 Å². The lowest BCUT2D eigenvalue weighted by molar-refractivity contribution is -0.140. The molecule has 15 heteroatoms. The molecule has 2 atom stereocenters. The summed E-state index contributed by atoms with van der Waals surface area (Å²) in [6.07, 6.45) is -4.40.